The van der Waals surface area contributed by atoms with Crippen molar-refractivity contribution < 1.29 is 49.6 Å². The predicted molar refractivity (Wildman–Crippen MR) is 95.9 cm³/mol. The molecule has 0 spiro atoms. The number of aliphatic hydroxyl groups is 6. The maximum atomic E-state index is 10.6. The van der Waals surface area contributed by atoms with E-state index in [4.69, 9.17) is 18.9 Å². The summed E-state index contributed by atoms with van der Waals surface area (Å²) in [6.07, 6.45) is -9.55. The van der Waals surface area contributed by atoms with Crippen LogP contribution in [0.1, 0.15) is 5.56 Å². The Labute approximate surface area is 167 Å². The minimum atomic E-state index is -1.64. The second kappa shape index (κ2) is 9.94. The molecule has 0 saturated carbocycles. The van der Waals surface area contributed by atoms with E-state index >= 15 is 0 Å². The first-order valence-corrected chi connectivity index (χ1v) is 9.23. The smallest absolute Gasteiger partial charge is 0.228 e. The van der Waals surface area contributed by atoms with Crippen molar-refractivity contribution in [3.63, 3.8) is 0 Å². The first kappa shape index (κ1) is 22.1. The topological polar surface area (TPSA) is 158 Å². The van der Waals surface area contributed by atoms with Crippen molar-refractivity contribution in [1.82, 2.24) is 0 Å². The van der Waals surface area contributed by atoms with Gasteiger partial charge in [0.1, 0.15) is 36.3 Å². The fourth-order valence-corrected chi connectivity index (χ4v) is 3.09. The van der Waals surface area contributed by atoms with Crippen molar-refractivity contribution in [3.05, 3.63) is 47.7 Å². The summed E-state index contributed by atoms with van der Waals surface area (Å²) in [5.74, 6) is -0.0994. The lowest BCUT2D eigenvalue weighted by Gasteiger charge is -2.41. The Balaban J connectivity index is 1.69. The molecule has 1 fully saturated rings. The van der Waals surface area contributed by atoms with Crippen molar-refractivity contribution in [2.24, 2.45) is 0 Å². The van der Waals surface area contributed by atoms with E-state index in [1.165, 1.54) is 6.08 Å². The van der Waals surface area contributed by atoms with Gasteiger partial charge in [-0.3, -0.25) is 0 Å². The van der Waals surface area contributed by atoms with Crippen LogP contribution in [0, 0.1) is 0 Å². The quantitative estimate of drug-likeness (QED) is 0.294. The summed E-state index contributed by atoms with van der Waals surface area (Å²) >= 11 is 0. The lowest BCUT2D eigenvalue weighted by molar-refractivity contribution is -0.301. The van der Waals surface area contributed by atoms with Gasteiger partial charge in [0.2, 0.25) is 6.29 Å². The van der Waals surface area contributed by atoms with E-state index in [1.807, 2.05) is 30.3 Å². The molecule has 29 heavy (non-hydrogen) atoms. The van der Waals surface area contributed by atoms with Crippen LogP contribution >= 0.6 is 0 Å². The fraction of sp³-hybridized carbons (Fsp3) is 0.579. The highest BCUT2D eigenvalue weighted by molar-refractivity contribution is 5.14. The molecule has 0 aliphatic carbocycles. The van der Waals surface area contributed by atoms with Crippen molar-refractivity contribution in [2.75, 3.05) is 13.2 Å². The normalized spacial score (nSPS) is 37.8. The standard InChI is InChI=1S/C19H26O10/c20-7-11-6-12(28-19-17(25)16(24)14(22)13(8-21)29-19)15(23)18(27-11)26-9-10-4-2-1-3-5-10/h1-6,11,13-25H,7-9H2/t11?,13?,14-,15?,16+,17?,18-,19-/m1/s1. The van der Waals surface area contributed by atoms with E-state index in [0.29, 0.717) is 0 Å². The summed E-state index contributed by atoms with van der Waals surface area (Å²) in [5, 5.41) is 59.1. The van der Waals surface area contributed by atoms with Gasteiger partial charge < -0.3 is 49.6 Å². The zero-order chi connectivity index (χ0) is 21.0. The van der Waals surface area contributed by atoms with Gasteiger partial charge in [-0.05, 0) is 11.6 Å². The summed E-state index contributed by atoms with van der Waals surface area (Å²) < 4.78 is 21.9. The molecule has 10 heteroatoms. The number of hydrogen-bond acceptors (Lipinski definition) is 10. The van der Waals surface area contributed by atoms with Crippen LogP contribution in [0.2, 0.25) is 0 Å². The third-order valence-electron chi connectivity index (χ3n) is 4.75. The Bertz CT molecular complexity index is 666. The third kappa shape index (κ3) is 5.12. The maximum Gasteiger partial charge on any atom is 0.228 e. The van der Waals surface area contributed by atoms with Crippen LogP contribution in [0.25, 0.3) is 0 Å². The van der Waals surface area contributed by atoms with Crippen LogP contribution < -0.4 is 0 Å². The molecule has 0 aromatic heterocycles. The number of ether oxygens (including phenoxy) is 4. The van der Waals surface area contributed by atoms with Crippen LogP contribution in [0.15, 0.2) is 42.2 Å². The summed E-state index contributed by atoms with van der Waals surface area (Å²) in [4.78, 5) is 0. The molecule has 4 unspecified atom stereocenters. The molecule has 1 aromatic rings. The Hall–Kier alpha value is -1.60. The molecule has 0 bridgehead atoms. The average Bonchev–Trinajstić information content (AvgIpc) is 2.75. The lowest BCUT2D eigenvalue weighted by Crippen LogP contribution is -2.59. The van der Waals surface area contributed by atoms with Crippen LogP contribution in [0.5, 0.6) is 0 Å². The van der Waals surface area contributed by atoms with E-state index in [-0.39, 0.29) is 12.4 Å². The molecule has 8 atom stereocenters. The number of hydrogen-bond donors (Lipinski definition) is 6. The highest BCUT2D eigenvalue weighted by atomic mass is 16.7. The molecule has 1 aromatic carbocycles. The Kier molecular flexibility index (Phi) is 7.57. The zero-order valence-electron chi connectivity index (χ0n) is 15.5. The van der Waals surface area contributed by atoms with Crippen molar-refractivity contribution in [3.8, 4) is 0 Å². The van der Waals surface area contributed by atoms with Crippen LogP contribution in [-0.4, -0.2) is 93.1 Å². The summed E-state index contributed by atoms with van der Waals surface area (Å²) in [6, 6.07) is 9.19. The molecule has 162 valence electrons. The van der Waals surface area contributed by atoms with Gasteiger partial charge in [0.05, 0.1) is 19.8 Å². The van der Waals surface area contributed by atoms with Gasteiger partial charge in [-0.1, -0.05) is 30.3 Å². The third-order valence-corrected chi connectivity index (χ3v) is 4.75. The van der Waals surface area contributed by atoms with E-state index in [2.05, 4.69) is 0 Å². The van der Waals surface area contributed by atoms with Crippen molar-refractivity contribution in [1.29, 1.82) is 0 Å². The highest BCUT2D eigenvalue weighted by Crippen LogP contribution is 2.28. The average molecular weight is 414 g/mol. The molecule has 3 rings (SSSR count). The second-order valence-electron chi connectivity index (χ2n) is 6.85. The molecular formula is C19H26O10. The molecule has 0 radical (unpaired) electrons. The van der Waals surface area contributed by atoms with Crippen LogP contribution in [0.3, 0.4) is 0 Å². The number of rotatable bonds is 7. The van der Waals surface area contributed by atoms with Gasteiger partial charge in [-0.15, -0.1) is 0 Å². The molecule has 6 N–H and O–H groups in total. The Morgan fingerprint density at radius 1 is 0.828 bits per heavy atom. The van der Waals surface area contributed by atoms with Gasteiger partial charge in [0.15, 0.2) is 12.4 Å². The van der Waals surface area contributed by atoms with Gasteiger partial charge in [-0.25, -0.2) is 0 Å². The Morgan fingerprint density at radius 3 is 2.21 bits per heavy atom. The van der Waals surface area contributed by atoms with Gasteiger partial charge in [0, 0.05) is 0 Å². The van der Waals surface area contributed by atoms with Crippen LogP contribution in [0.4, 0.5) is 0 Å². The summed E-state index contributed by atoms with van der Waals surface area (Å²) in [7, 11) is 0. The van der Waals surface area contributed by atoms with Crippen molar-refractivity contribution >= 4 is 0 Å². The molecule has 0 amide bonds. The monoisotopic (exact) mass is 414 g/mol. The fourth-order valence-electron chi connectivity index (χ4n) is 3.09. The molecular weight excluding hydrogens is 388 g/mol. The molecule has 2 heterocycles. The summed E-state index contributed by atoms with van der Waals surface area (Å²) in [5.41, 5.74) is 0.842. The largest absolute Gasteiger partial charge is 0.464 e. The zero-order valence-corrected chi connectivity index (χ0v) is 15.5. The second-order valence-corrected chi connectivity index (χ2v) is 6.85. The van der Waals surface area contributed by atoms with E-state index in [9.17, 15) is 30.6 Å². The minimum absolute atomic E-state index is 0.0994. The van der Waals surface area contributed by atoms with E-state index < -0.39 is 62.4 Å². The van der Waals surface area contributed by atoms with Gasteiger partial charge in [0.25, 0.3) is 0 Å². The van der Waals surface area contributed by atoms with E-state index in [1.54, 1.807) is 0 Å². The summed E-state index contributed by atoms with van der Waals surface area (Å²) in [6.45, 7) is -0.898. The first-order valence-electron chi connectivity index (χ1n) is 9.23. The number of aliphatic hydroxyl groups excluding tert-OH is 6. The minimum Gasteiger partial charge on any atom is -0.464 e. The van der Waals surface area contributed by atoms with Crippen LogP contribution in [-0.2, 0) is 25.6 Å². The maximum absolute atomic E-state index is 10.6. The lowest BCUT2D eigenvalue weighted by atomic mass is 9.99. The predicted octanol–water partition coefficient (Wildman–Crippen LogP) is -2.02. The SMILES string of the molecule is OCC1C=C(O[C@@H]2OC(CO)[C@@H](O)[C@H](O)C2O)C(O)[C@H](OCc2ccccc2)O1. The molecule has 10 nitrogen and oxygen atoms in total. The first-order chi connectivity index (χ1) is 13.9. The Morgan fingerprint density at radius 2 is 1.55 bits per heavy atom. The number of benzene rings is 1. The highest BCUT2D eigenvalue weighted by Gasteiger charge is 2.46. The molecule has 2 aliphatic heterocycles. The molecule has 2 aliphatic rings. The van der Waals surface area contributed by atoms with Crippen molar-refractivity contribution in [2.45, 2.75) is 55.8 Å². The van der Waals surface area contributed by atoms with E-state index in [0.717, 1.165) is 5.56 Å². The van der Waals surface area contributed by atoms with Gasteiger partial charge >= 0.3 is 0 Å². The van der Waals surface area contributed by atoms with Gasteiger partial charge in [-0.2, -0.15) is 0 Å². The molecule has 1 saturated heterocycles.